The van der Waals surface area contributed by atoms with Gasteiger partial charge in [-0.2, -0.15) is 13.2 Å². The van der Waals surface area contributed by atoms with Crippen LogP contribution in [0.4, 0.5) is 13.2 Å². The molecule has 0 bridgehead atoms. The summed E-state index contributed by atoms with van der Waals surface area (Å²) in [6.07, 6.45) is -3.45. The van der Waals surface area contributed by atoms with Crippen LogP contribution in [0.1, 0.15) is 43.9 Å². The first-order chi connectivity index (χ1) is 7.16. The van der Waals surface area contributed by atoms with E-state index in [1.165, 1.54) is 12.1 Å². The molecule has 0 aliphatic carbocycles. The maximum atomic E-state index is 12.6. The van der Waals surface area contributed by atoms with E-state index in [4.69, 9.17) is 0 Å². The van der Waals surface area contributed by atoms with Crippen molar-refractivity contribution in [1.82, 2.24) is 0 Å². The number of benzene rings is 1. The molecule has 1 rings (SSSR count). The Balaban J connectivity index is 3.29. The summed E-state index contributed by atoms with van der Waals surface area (Å²) in [6, 6.07) is 4.28. The zero-order valence-electron chi connectivity index (χ0n) is 10.1. The molecule has 0 saturated carbocycles. The van der Waals surface area contributed by atoms with Crippen molar-refractivity contribution in [3.63, 3.8) is 0 Å². The van der Waals surface area contributed by atoms with Gasteiger partial charge in [0.2, 0.25) is 0 Å². The van der Waals surface area contributed by atoms with Gasteiger partial charge in [0.15, 0.2) is 0 Å². The fourth-order valence-corrected chi connectivity index (χ4v) is 1.54. The molecule has 16 heavy (non-hydrogen) atoms. The Morgan fingerprint density at radius 2 is 1.50 bits per heavy atom. The molecule has 90 valence electrons. The fraction of sp³-hybridized carbons (Fsp3) is 0.538. The summed E-state index contributed by atoms with van der Waals surface area (Å²) in [5, 5.41) is 0. The second kappa shape index (κ2) is 4.11. The van der Waals surface area contributed by atoms with Gasteiger partial charge in [0.1, 0.15) is 0 Å². The molecule has 0 radical (unpaired) electrons. The number of halogens is 3. The lowest BCUT2D eigenvalue weighted by atomic mass is 9.81. The van der Waals surface area contributed by atoms with E-state index in [1.54, 1.807) is 6.92 Å². The van der Waals surface area contributed by atoms with Crippen molar-refractivity contribution in [3.8, 4) is 0 Å². The minimum Gasteiger partial charge on any atom is -0.166 e. The first-order valence-corrected chi connectivity index (χ1v) is 5.36. The SMILES string of the molecule is CCC(C)(C)c1cc(C)cc(C(F)(F)F)c1. The zero-order valence-corrected chi connectivity index (χ0v) is 10.1. The van der Waals surface area contributed by atoms with E-state index in [0.717, 1.165) is 12.0 Å². The molecule has 0 fully saturated rings. The van der Waals surface area contributed by atoms with Gasteiger partial charge in [-0.1, -0.05) is 32.4 Å². The highest BCUT2D eigenvalue weighted by Crippen LogP contribution is 2.34. The average molecular weight is 230 g/mol. The molecule has 1 aromatic rings. The van der Waals surface area contributed by atoms with Crippen LogP contribution in [0, 0.1) is 6.92 Å². The molecule has 1 aromatic carbocycles. The highest BCUT2D eigenvalue weighted by Gasteiger charge is 2.32. The van der Waals surface area contributed by atoms with Crippen LogP contribution in [0.25, 0.3) is 0 Å². The third kappa shape index (κ3) is 2.77. The highest BCUT2D eigenvalue weighted by atomic mass is 19.4. The predicted octanol–water partition coefficient (Wildman–Crippen LogP) is 4.70. The molecule has 0 unspecified atom stereocenters. The summed E-state index contributed by atoms with van der Waals surface area (Å²) in [6.45, 7) is 7.60. The standard InChI is InChI=1S/C13H17F3/c1-5-12(3,4)10-6-9(2)7-11(8-10)13(14,15)16/h6-8H,5H2,1-4H3. The first kappa shape index (κ1) is 13.1. The van der Waals surface area contributed by atoms with Gasteiger partial charge < -0.3 is 0 Å². The molecule has 3 heteroatoms. The minimum absolute atomic E-state index is 0.216. The number of aryl methyl sites for hydroxylation is 1. The molecule has 0 amide bonds. The Morgan fingerprint density at radius 1 is 1.00 bits per heavy atom. The molecule has 0 nitrogen and oxygen atoms in total. The molecule has 0 aliphatic rings. The Kier molecular flexibility index (Phi) is 3.36. The van der Waals surface area contributed by atoms with Crippen LogP contribution in [0.3, 0.4) is 0 Å². The van der Waals surface area contributed by atoms with Gasteiger partial charge in [-0.15, -0.1) is 0 Å². The van der Waals surface area contributed by atoms with E-state index >= 15 is 0 Å². The Bertz CT molecular complexity index is 375. The van der Waals surface area contributed by atoms with Crippen LogP contribution in [0.15, 0.2) is 18.2 Å². The van der Waals surface area contributed by atoms with E-state index in [9.17, 15) is 13.2 Å². The van der Waals surface area contributed by atoms with E-state index in [2.05, 4.69) is 0 Å². The van der Waals surface area contributed by atoms with E-state index in [0.29, 0.717) is 5.56 Å². The van der Waals surface area contributed by atoms with Crippen LogP contribution in [0.2, 0.25) is 0 Å². The average Bonchev–Trinajstić information content (AvgIpc) is 2.15. The van der Waals surface area contributed by atoms with Crippen molar-refractivity contribution in [2.75, 3.05) is 0 Å². The monoisotopic (exact) mass is 230 g/mol. The summed E-state index contributed by atoms with van der Waals surface area (Å²) >= 11 is 0. The molecule has 0 atom stereocenters. The Hall–Kier alpha value is -0.990. The molecule has 0 saturated heterocycles. The second-order valence-corrected chi connectivity index (χ2v) is 4.82. The van der Waals surface area contributed by atoms with E-state index in [-0.39, 0.29) is 5.41 Å². The van der Waals surface area contributed by atoms with E-state index < -0.39 is 11.7 Å². The van der Waals surface area contributed by atoms with Gasteiger partial charge in [0.05, 0.1) is 5.56 Å². The number of hydrogen-bond acceptors (Lipinski definition) is 0. The lowest BCUT2D eigenvalue weighted by molar-refractivity contribution is -0.137. The van der Waals surface area contributed by atoms with Gasteiger partial charge >= 0.3 is 6.18 Å². The van der Waals surface area contributed by atoms with Crippen molar-refractivity contribution in [2.24, 2.45) is 0 Å². The van der Waals surface area contributed by atoms with Crippen molar-refractivity contribution >= 4 is 0 Å². The van der Waals surface area contributed by atoms with Crippen molar-refractivity contribution in [2.45, 2.75) is 45.7 Å². The molecule has 0 aromatic heterocycles. The van der Waals surface area contributed by atoms with Crippen LogP contribution >= 0.6 is 0 Å². The van der Waals surface area contributed by atoms with Gasteiger partial charge in [-0.25, -0.2) is 0 Å². The summed E-state index contributed by atoms with van der Waals surface area (Å²) in [5.74, 6) is 0. The van der Waals surface area contributed by atoms with Crippen molar-refractivity contribution < 1.29 is 13.2 Å². The summed E-state index contributed by atoms with van der Waals surface area (Å²) in [4.78, 5) is 0. The third-order valence-electron chi connectivity index (χ3n) is 3.07. The molecular formula is C13H17F3. The molecule has 0 heterocycles. The predicted molar refractivity (Wildman–Crippen MR) is 59.5 cm³/mol. The lowest BCUT2D eigenvalue weighted by Gasteiger charge is -2.25. The Labute approximate surface area is 94.5 Å². The molecule has 0 spiro atoms. The fourth-order valence-electron chi connectivity index (χ4n) is 1.54. The lowest BCUT2D eigenvalue weighted by Crippen LogP contribution is -2.17. The quantitative estimate of drug-likeness (QED) is 0.690. The molecular weight excluding hydrogens is 213 g/mol. The van der Waals surface area contributed by atoms with Crippen LogP contribution < -0.4 is 0 Å². The van der Waals surface area contributed by atoms with Crippen molar-refractivity contribution in [3.05, 3.63) is 34.9 Å². The highest BCUT2D eigenvalue weighted by molar-refractivity contribution is 5.35. The van der Waals surface area contributed by atoms with Crippen LogP contribution in [-0.2, 0) is 11.6 Å². The number of alkyl halides is 3. The van der Waals surface area contributed by atoms with Crippen molar-refractivity contribution in [1.29, 1.82) is 0 Å². The normalized spacial score (nSPS) is 12.9. The summed E-state index contributed by atoms with van der Waals surface area (Å²) < 4.78 is 37.9. The minimum atomic E-state index is -4.26. The number of hydrogen-bond donors (Lipinski definition) is 0. The Morgan fingerprint density at radius 3 is 1.94 bits per heavy atom. The van der Waals surface area contributed by atoms with Gasteiger partial charge in [0, 0.05) is 0 Å². The smallest absolute Gasteiger partial charge is 0.166 e. The largest absolute Gasteiger partial charge is 0.416 e. The van der Waals surface area contributed by atoms with Gasteiger partial charge in [-0.05, 0) is 36.5 Å². The van der Waals surface area contributed by atoms with Gasteiger partial charge in [-0.3, -0.25) is 0 Å². The van der Waals surface area contributed by atoms with E-state index in [1.807, 2.05) is 26.8 Å². The maximum absolute atomic E-state index is 12.6. The third-order valence-corrected chi connectivity index (χ3v) is 3.07. The number of rotatable bonds is 2. The van der Waals surface area contributed by atoms with Crippen LogP contribution in [0.5, 0.6) is 0 Å². The molecule has 0 N–H and O–H groups in total. The summed E-state index contributed by atoms with van der Waals surface area (Å²) in [5.41, 5.74) is 0.643. The second-order valence-electron chi connectivity index (χ2n) is 4.82. The summed E-state index contributed by atoms with van der Waals surface area (Å²) in [7, 11) is 0. The first-order valence-electron chi connectivity index (χ1n) is 5.36. The molecule has 0 aliphatic heterocycles. The zero-order chi connectivity index (χ0) is 12.6. The topological polar surface area (TPSA) is 0 Å². The van der Waals surface area contributed by atoms with Gasteiger partial charge in [0.25, 0.3) is 0 Å². The van der Waals surface area contributed by atoms with Crippen LogP contribution in [-0.4, -0.2) is 0 Å². The maximum Gasteiger partial charge on any atom is 0.416 e.